The SMILES string of the molecule is CCn1c(NNC(=O)Cc2coc3cc(C)c(C)cc23)nc2ccccc2c1=O. The number of amides is 1. The number of carbonyl (C=O) groups excluding carboxylic acids is 1. The molecule has 2 aromatic heterocycles. The third-order valence-corrected chi connectivity index (χ3v) is 5.11. The molecule has 7 heteroatoms. The monoisotopic (exact) mass is 390 g/mol. The Hall–Kier alpha value is -3.61. The van der Waals surface area contributed by atoms with Gasteiger partial charge in [-0.1, -0.05) is 12.1 Å². The number of benzene rings is 2. The van der Waals surface area contributed by atoms with E-state index in [0.717, 1.165) is 27.7 Å². The minimum absolute atomic E-state index is 0.145. The second kappa shape index (κ2) is 7.43. The Kier molecular flexibility index (Phi) is 4.80. The molecule has 0 aliphatic heterocycles. The van der Waals surface area contributed by atoms with Gasteiger partial charge in [0, 0.05) is 17.5 Å². The minimum atomic E-state index is -0.254. The first-order valence-electron chi connectivity index (χ1n) is 9.49. The van der Waals surface area contributed by atoms with Crippen LogP contribution in [-0.2, 0) is 17.8 Å². The Balaban J connectivity index is 1.55. The number of aryl methyl sites for hydroxylation is 2. The van der Waals surface area contributed by atoms with Gasteiger partial charge in [0.15, 0.2) is 0 Å². The molecular formula is C22H22N4O3. The van der Waals surface area contributed by atoms with Gasteiger partial charge in [-0.25, -0.2) is 4.98 Å². The molecule has 1 amide bonds. The maximum absolute atomic E-state index is 12.6. The van der Waals surface area contributed by atoms with E-state index in [4.69, 9.17) is 4.42 Å². The van der Waals surface area contributed by atoms with Crippen LogP contribution in [-0.4, -0.2) is 15.5 Å². The van der Waals surface area contributed by atoms with Crippen molar-refractivity contribution in [2.75, 3.05) is 5.43 Å². The minimum Gasteiger partial charge on any atom is -0.464 e. The maximum atomic E-state index is 12.6. The number of aromatic nitrogens is 2. The fourth-order valence-corrected chi connectivity index (χ4v) is 3.37. The molecule has 4 aromatic rings. The van der Waals surface area contributed by atoms with Crippen LogP contribution in [0.3, 0.4) is 0 Å². The third kappa shape index (κ3) is 3.47. The van der Waals surface area contributed by atoms with Crippen LogP contribution in [0.25, 0.3) is 21.9 Å². The Morgan fingerprint density at radius 3 is 2.69 bits per heavy atom. The van der Waals surface area contributed by atoms with Crippen molar-refractivity contribution in [1.82, 2.24) is 15.0 Å². The van der Waals surface area contributed by atoms with Gasteiger partial charge in [-0.3, -0.25) is 25.0 Å². The summed E-state index contributed by atoms with van der Waals surface area (Å²) in [5.41, 5.74) is 9.72. The van der Waals surface area contributed by atoms with Crippen molar-refractivity contribution in [2.45, 2.75) is 33.7 Å². The normalized spacial score (nSPS) is 11.1. The molecular weight excluding hydrogens is 368 g/mol. The zero-order valence-corrected chi connectivity index (χ0v) is 16.6. The van der Waals surface area contributed by atoms with Crippen molar-refractivity contribution >= 4 is 33.7 Å². The zero-order chi connectivity index (χ0) is 20.5. The summed E-state index contributed by atoms with van der Waals surface area (Å²) < 4.78 is 7.08. The number of hydrogen-bond acceptors (Lipinski definition) is 5. The van der Waals surface area contributed by atoms with Crippen molar-refractivity contribution in [3.8, 4) is 0 Å². The van der Waals surface area contributed by atoms with Crippen LogP contribution in [0.1, 0.15) is 23.6 Å². The molecule has 0 spiro atoms. The number of nitrogens with one attached hydrogen (secondary N) is 2. The van der Waals surface area contributed by atoms with Crippen LogP contribution in [0.4, 0.5) is 5.95 Å². The number of para-hydroxylation sites is 1. The number of anilines is 1. The highest BCUT2D eigenvalue weighted by Gasteiger charge is 2.13. The molecule has 2 aromatic carbocycles. The van der Waals surface area contributed by atoms with Crippen LogP contribution < -0.4 is 16.4 Å². The van der Waals surface area contributed by atoms with Crippen LogP contribution in [0, 0.1) is 13.8 Å². The average molecular weight is 390 g/mol. The second-order valence-electron chi connectivity index (χ2n) is 7.05. The molecule has 7 nitrogen and oxygen atoms in total. The van der Waals surface area contributed by atoms with Gasteiger partial charge in [0.25, 0.3) is 5.56 Å². The largest absolute Gasteiger partial charge is 0.464 e. The van der Waals surface area contributed by atoms with Crippen molar-refractivity contribution in [3.63, 3.8) is 0 Å². The fourth-order valence-electron chi connectivity index (χ4n) is 3.37. The van der Waals surface area contributed by atoms with Gasteiger partial charge in [-0.2, -0.15) is 0 Å². The van der Waals surface area contributed by atoms with E-state index in [1.54, 1.807) is 24.5 Å². The molecule has 0 atom stereocenters. The van der Waals surface area contributed by atoms with Crippen LogP contribution >= 0.6 is 0 Å². The van der Waals surface area contributed by atoms with Gasteiger partial charge in [0.1, 0.15) is 5.58 Å². The van der Waals surface area contributed by atoms with E-state index >= 15 is 0 Å². The molecule has 148 valence electrons. The lowest BCUT2D eigenvalue weighted by Gasteiger charge is -2.13. The second-order valence-corrected chi connectivity index (χ2v) is 7.05. The van der Waals surface area contributed by atoms with E-state index in [1.807, 2.05) is 39.0 Å². The lowest BCUT2D eigenvalue weighted by Crippen LogP contribution is -2.35. The average Bonchev–Trinajstić information content (AvgIpc) is 3.08. The summed E-state index contributed by atoms with van der Waals surface area (Å²) in [5.74, 6) is 0.0454. The molecule has 29 heavy (non-hydrogen) atoms. The highest BCUT2D eigenvalue weighted by molar-refractivity contribution is 5.89. The first-order chi connectivity index (χ1) is 14.0. The van der Waals surface area contributed by atoms with Crippen LogP contribution in [0.15, 0.2) is 51.9 Å². The number of fused-ring (bicyclic) bond motifs is 2. The smallest absolute Gasteiger partial charge is 0.262 e. The van der Waals surface area contributed by atoms with Crippen LogP contribution in [0.2, 0.25) is 0 Å². The van der Waals surface area contributed by atoms with E-state index in [-0.39, 0.29) is 17.9 Å². The van der Waals surface area contributed by atoms with Gasteiger partial charge in [-0.15, -0.1) is 0 Å². The molecule has 0 unspecified atom stereocenters. The molecule has 0 aliphatic rings. The molecule has 0 saturated carbocycles. The topological polar surface area (TPSA) is 89.2 Å². The Labute approximate surface area is 167 Å². The predicted molar refractivity (Wildman–Crippen MR) is 113 cm³/mol. The summed E-state index contributed by atoms with van der Waals surface area (Å²) in [6, 6.07) is 11.1. The highest BCUT2D eigenvalue weighted by Crippen LogP contribution is 2.25. The zero-order valence-electron chi connectivity index (χ0n) is 16.6. The molecule has 2 heterocycles. The van der Waals surface area contributed by atoms with Gasteiger partial charge in [0.05, 0.1) is 23.6 Å². The molecule has 0 fully saturated rings. The molecule has 0 aliphatic carbocycles. The molecule has 2 N–H and O–H groups in total. The molecule has 4 rings (SSSR count). The summed E-state index contributed by atoms with van der Waals surface area (Å²) >= 11 is 0. The maximum Gasteiger partial charge on any atom is 0.262 e. The van der Waals surface area contributed by atoms with Crippen molar-refractivity contribution in [1.29, 1.82) is 0 Å². The summed E-state index contributed by atoms with van der Waals surface area (Å²) in [5, 5.41) is 1.47. The van der Waals surface area contributed by atoms with Crippen molar-refractivity contribution in [3.05, 3.63) is 69.7 Å². The van der Waals surface area contributed by atoms with E-state index < -0.39 is 0 Å². The molecule has 0 bridgehead atoms. The number of furan rings is 1. The standard InChI is InChI=1S/C22H22N4O3/c1-4-26-21(28)16-7-5-6-8-18(16)23-22(26)25-24-20(27)11-15-12-29-19-10-14(3)13(2)9-17(15)19/h5-10,12H,4,11H2,1-3H3,(H,23,25)(H,24,27). The molecule has 0 radical (unpaired) electrons. The van der Waals surface area contributed by atoms with Crippen LogP contribution in [0.5, 0.6) is 0 Å². The van der Waals surface area contributed by atoms with E-state index in [9.17, 15) is 9.59 Å². The first kappa shape index (κ1) is 18.7. The third-order valence-electron chi connectivity index (χ3n) is 5.11. The summed E-state index contributed by atoms with van der Waals surface area (Å²) in [6.45, 7) is 6.34. The lowest BCUT2D eigenvalue weighted by atomic mass is 10.0. The number of rotatable bonds is 5. The quantitative estimate of drug-likeness (QED) is 0.510. The van der Waals surface area contributed by atoms with Gasteiger partial charge >= 0.3 is 0 Å². The summed E-state index contributed by atoms with van der Waals surface area (Å²) in [4.78, 5) is 29.6. The van der Waals surface area contributed by atoms with Gasteiger partial charge in [-0.05, 0) is 56.2 Å². The number of carbonyl (C=O) groups is 1. The van der Waals surface area contributed by atoms with E-state index in [1.165, 1.54) is 4.57 Å². The highest BCUT2D eigenvalue weighted by atomic mass is 16.3. The van der Waals surface area contributed by atoms with E-state index in [2.05, 4.69) is 15.8 Å². The van der Waals surface area contributed by atoms with Gasteiger partial charge in [0.2, 0.25) is 11.9 Å². The molecule has 0 saturated heterocycles. The fraction of sp³-hybridized carbons (Fsp3) is 0.227. The predicted octanol–water partition coefficient (Wildman–Crippen LogP) is 3.47. The number of nitrogens with zero attached hydrogens (tertiary/aromatic N) is 2. The Bertz CT molecular complexity index is 1290. The van der Waals surface area contributed by atoms with E-state index in [0.29, 0.717) is 23.4 Å². The number of hydrogen-bond donors (Lipinski definition) is 2. The van der Waals surface area contributed by atoms with Crippen molar-refractivity contribution < 1.29 is 9.21 Å². The van der Waals surface area contributed by atoms with Crippen molar-refractivity contribution in [2.24, 2.45) is 0 Å². The Morgan fingerprint density at radius 2 is 1.90 bits per heavy atom. The lowest BCUT2D eigenvalue weighted by molar-refractivity contribution is -0.119. The van der Waals surface area contributed by atoms with Gasteiger partial charge < -0.3 is 4.42 Å². The summed E-state index contributed by atoms with van der Waals surface area (Å²) in [6.07, 6.45) is 1.76. The first-order valence-corrected chi connectivity index (χ1v) is 9.49. The Morgan fingerprint density at radius 1 is 1.14 bits per heavy atom. The number of hydrazine groups is 1. The summed E-state index contributed by atoms with van der Waals surface area (Å²) in [7, 11) is 0.